The van der Waals surface area contributed by atoms with Gasteiger partial charge in [-0.3, -0.25) is 9.59 Å². The van der Waals surface area contributed by atoms with E-state index in [9.17, 15) is 9.59 Å². The Labute approximate surface area is 115 Å². The first-order valence-corrected chi connectivity index (χ1v) is 6.75. The van der Waals surface area contributed by atoms with Gasteiger partial charge in [0.25, 0.3) is 5.91 Å². The van der Waals surface area contributed by atoms with E-state index < -0.39 is 5.25 Å². The maximum absolute atomic E-state index is 11.8. The Kier molecular flexibility index (Phi) is 3.90. The highest BCUT2D eigenvalue weighted by Gasteiger charge is 2.29. The summed E-state index contributed by atoms with van der Waals surface area (Å²) in [5.41, 5.74) is 8.45. The van der Waals surface area contributed by atoms with Crippen molar-refractivity contribution in [1.29, 1.82) is 0 Å². The van der Waals surface area contributed by atoms with E-state index in [0.29, 0.717) is 0 Å². The minimum atomic E-state index is -0.494. The zero-order chi connectivity index (χ0) is 14.0. The second kappa shape index (κ2) is 5.44. The number of amidine groups is 1. The van der Waals surface area contributed by atoms with Gasteiger partial charge in [0.1, 0.15) is 5.25 Å². The van der Waals surface area contributed by atoms with Crippen molar-refractivity contribution >= 4 is 34.4 Å². The molecule has 0 aromatic heterocycles. The fraction of sp³-hybridized carbons (Fsp3) is 0.308. The summed E-state index contributed by atoms with van der Waals surface area (Å²) in [6.45, 7) is 3.99. The lowest BCUT2D eigenvalue weighted by Crippen LogP contribution is -2.21. The van der Waals surface area contributed by atoms with Crippen LogP contribution in [0.3, 0.4) is 0 Å². The van der Waals surface area contributed by atoms with E-state index >= 15 is 0 Å². The van der Waals surface area contributed by atoms with Gasteiger partial charge < -0.3 is 11.1 Å². The zero-order valence-corrected chi connectivity index (χ0v) is 11.6. The first kappa shape index (κ1) is 13.6. The van der Waals surface area contributed by atoms with Crippen LogP contribution in [-0.4, -0.2) is 22.2 Å². The van der Waals surface area contributed by atoms with E-state index in [-0.39, 0.29) is 23.4 Å². The van der Waals surface area contributed by atoms with Crippen molar-refractivity contribution in [2.24, 2.45) is 10.7 Å². The topological polar surface area (TPSA) is 84.6 Å². The number of hydrogen-bond acceptors (Lipinski definition) is 4. The molecule has 0 radical (unpaired) electrons. The van der Waals surface area contributed by atoms with E-state index in [1.54, 1.807) is 0 Å². The first-order chi connectivity index (χ1) is 8.95. The van der Waals surface area contributed by atoms with Gasteiger partial charge in [0.2, 0.25) is 5.91 Å². The van der Waals surface area contributed by atoms with Gasteiger partial charge in [-0.1, -0.05) is 17.8 Å². The minimum absolute atomic E-state index is 0.0840. The smallest absolute Gasteiger partial charge is 0.262 e. The summed E-state index contributed by atoms with van der Waals surface area (Å²) in [4.78, 5) is 26.8. The molecule has 5 nitrogen and oxygen atoms in total. The summed E-state index contributed by atoms with van der Waals surface area (Å²) < 4.78 is 0. The summed E-state index contributed by atoms with van der Waals surface area (Å²) in [6.07, 6.45) is 0.0840. The van der Waals surface area contributed by atoms with E-state index in [0.717, 1.165) is 23.0 Å². The van der Waals surface area contributed by atoms with E-state index in [1.807, 2.05) is 32.0 Å². The number of rotatable bonds is 3. The van der Waals surface area contributed by atoms with Crippen molar-refractivity contribution in [2.45, 2.75) is 25.5 Å². The van der Waals surface area contributed by atoms with Crippen LogP contribution in [0, 0.1) is 13.8 Å². The van der Waals surface area contributed by atoms with Crippen LogP contribution in [0.15, 0.2) is 23.2 Å². The molecular formula is C13H15N3O2S. The molecule has 0 saturated carbocycles. The predicted molar refractivity (Wildman–Crippen MR) is 77.2 cm³/mol. The van der Waals surface area contributed by atoms with Gasteiger partial charge in [0.15, 0.2) is 5.17 Å². The number of carbonyl (C=O) groups is 2. The molecule has 0 fully saturated rings. The number of anilines is 1. The molecule has 0 saturated heterocycles. The molecular weight excluding hydrogens is 262 g/mol. The molecule has 1 aromatic rings. The number of nitrogens with zero attached hydrogens (tertiary/aromatic N) is 1. The van der Waals surface area contributed by atoms with Crippen molar-refractivity contribution in [1.82, 2.24) is 0 Å². The molecule has 6 heteroatoms. The van der Waals surface area contributed by atoms with Crippen molar-refractivity contribution in [2.75, 3.05) is 5.32 Å². The van der Waals surface area contributed by atoms with E-state index in [1.165, 1.54) is 5.56 Å². The Morgan fingerprint density at radius 2 is 2.16 bits per heavy atom. The molecule has 1 aromatic carbocycles. The summed E-state index contributed by atoms with van der Waals surface area (Å²) in [5, 5.41) is 2.51. The average Bonchev–Trinajstić information content (AvgIpc) is 2.62. The number of amides is 2. The van der Waals surface area contributed by atoms with Crippen LogP contribution in [0.5, 0.6) is 0 Å². The van der Waals surface area contributed by atoms with Gasteiger partial charge >= 0.3 is 0 Å². The largest absolute Gasteiger partial charge is 0.378 e. The van der Waals surface area contributed by atoms with Crippen LogP contribution in [0.4, 0.5) is 5.69 Å². The number of nitrogens with two attached hydrogens (primary N) is 1. The SMILES string of the molecule is Cc1ccc(NC(=O)C[C@H]2SC(N)=NC2=O)cc1C. The number of aryl methyl sites for hydroxylation is 2. The number of nitrogens with one attached hydrogen (secondary N) is 1. The highest BCUT2D eigenvalue weighted by Crippen LogP contribution is 2.23. The number of benzene rings is 1. The third-order valence-corrected chi connectivity index (χ3v) is 3.91. The van der Waals surface area contributed by atoms with Crippen LogP contribution >= 0.6 is 11.8 Å². The van der Waals surface area contributed by atoms with Crippen LogP contribution < -0.4 is 11.1 Å². The fourth-order valence-electron chi connectivity index (χ4n) is 1.73. The standard InChI is InChI=1S/C13H15N3O2S/c1-7-3-4-9(5-8(7)2)15-11(17)6-10-12(18)16-13(14)19-10/h3-5,10H,6H2,1-2H3,(H,15,17)(H2,14,16,18)/t10-/m1/s1. The Balaban J connectivity index is 1.95. The lowest BCUT2D eigenvalue weighted by Gasteiger charge is -2.09. The molecule has 100 valence electrons. The Hall–Kier alpha value is -1.82. The molecule has 19 heavy (non-hydrogen) atoms. The summed E-state index contributed by atoms with van der Waals surface area (Å²) >= 11 is 1.14. The van der Waals surface area contributed by atoms with Crippen LogP contribution in [-0.2, 0) is 9.59 Å². The number of thioether (sulfide) groups is 1. The van der Waals surface area contributed by atoms with Crippen LogP contribution in [0.2, 0.25) is 0 Å². The molecule has 1 aliphatic heterocycles. The third-order valence-electron chi connectivity index (χ3n) is 2.92. The maximum Gasteiger partial charge on any atom is 0.262 e. The minimum Gasteiger partial charge on any atom is -0.378 e. The average molecular weight is 277 g/mol. The van der Waals surface area contributed by atoms with Crippen molar-refractivity contribution < 1.29 is 9.59 Å². The lowest BCUT2D eigenvalue weighted by molar-refractivity contribution is -0.121. The van der Waals surface area contributed by atoms with Gasteiger partial charge in [-0.25, -0.2) is 0 Å². The van der Waals surface area contributed by atoms with Gasteiger partial charge in [0, 0.05) is 12.1 Å². The second-order valence-electron chi connectivity index (χ2n) is 4.45. The number of carbonyl (C=O) groups excluding carboxylic acids is 2. The molecule has 0 spiro atoms. The molecule has 3 N–H and O–H groups in total. The highest BCUT2D eigenvalue weighted by molar-refractivity contribution is 8.15. The molecule has 2 rings (SSSR count). The summed E-state index contributed by atoms with van der Waals surface area (Å²) in [7, 11) is 0. The summed E-state index contributed by atoms with van der Waals surface area (Å²) in [5.74, 6) is -0.545. The van der Waals surface area contributed by atoms with Gasteiger partial charge in [0.05, 0.1) is 0 Å². The van der Waals surface area contributed by atoms with Crippen LogP contribution in [0.1, 0.15) is 17.5 Å². The van der Waals surface area contributed by atoms with E-state index in [2.05, 4.69) is 10.3 Å². The Morgan fingerprint density at radius 1 is 1.42 bits per heavy atom. The van der Waals surface area contributed by atoms with Gasteiger partial charge in [-0.05, 0) is 37.1 Å². The van der Waals surface area contributed by atoms with Crippen molar-refractivity contribution in [3.05, 3.63) is 29.3 Å². The summed E-state index contributed by atoms with van der Waals surface area (Å²) in [6, 6.07) is 5.69. The zero-order valence-electron chi connectivity index (χ0n) is 10.8. The first-order valence-electron chi connectivity index (χ1n) is 5.87. The number of hydrogen-bond donors (Lipinski definition) is 2. The Morgan fingerprint density at radius 3 is 2.74 bits per heavy atom. The maximum atomic E-state index is 11.8. The van der Waals surface area contributed by atoms with Gasteiger partial charge in [-0.2, -0.15) is 4.99 Å². The van der Waals surface area contributed by atoms with Crippen molar-refractivity contribution in [3.8, 4) is 0 Å². The number of aliphatic imine (C=N–C) groups is 1. The highest BCUT2D eigenvalue weighted by atomic mass is 32.2. The van der Waals surface area contributed by atoms with Crippen molar-refractivity contribution in [3.63, 3.8) is 0 Å². The van der Waals surface area contributed by atoms with Gasteiger partial charge in [-0.15, -0.1) is 0 Å². The molecule has 1 heterocycles. The normalized spacial score (nSPS) is 18.3. The fourth-order valence-corrected chi connectivity index (χ4v) is 2.55. The Bertz CT molecular complexity index is 569. The lowest BCUT2D eigenvalue weighted by atomic mass is 10.1. The molecule has 0 bridgehead atoms. The molecule has 1 aliphatic rings. The second-order valence-corrected chi connectivity index (χ2v) is 5.67. The third kappa shape index (κ3) is 3.35. The molecule has 0 unspecified atom stereocenters. The van der Waals surface area contributed by atoms with Crippen LogP contribution in [0.25, 0.3) is 0 Å². The quantitative estimate of drug-likeness (QED) is 0.878. The molecule has 1 atom stereocenters. The molecule has 2 amide bonds. The monoisotopic (exact) mass is 277 g/mol. The molecule has 0 aliphatic carbocycles. The van der Waals surface area contributed by atoms with E-state index in [4.69, 9.17) is 5.73 Å². The predicted octanol–water partition coefficient (Wildman–Crippen LogP) is 1.59.